The Labute approximate surface area is 206 Å². The van der Waals surface area contributed by atoms with Gasteiger partial charge in [-0.15, -0.1) is 11.3 Å². The van der Waals surface area contributed by atoms with E-state index in [9.17, 15) is 22.0 Å². The zero-order chi connectivity index (χ0) is 25.8. The van der Waals surface area contributed by atoms with Gasteiger partial charge >= 0.3 is 11.9 Å². The molecule has 3 aromatic rings. The summed E-state index contributed by atoms with van der Waals surface area (Å²) in [5, 5.41) is 3.63. The summed E-state index contributed by atoms with van der Waals surface area (Å²) in [7, 11) is -4.18. The van der Waals surface area contributed by atoms with Crippen molar-refractivity contribution in [2.75, 3.05) is 0 Å². The van der Waals surface area contributed by atoms with Gasteiger partial charge in [0.25, 0.3) is 10.0 Å². The lowest BCUT2D eigenvalue weighted by Crippen LogP contribution is -2.48. The number of esters is 1. The van der Waals surface area contributed by atoms with E-state index >= 15 is 0 Å². The molecule has 35 heavy (non-hydrogen) atoms. The molecule has 1 aliphatic carbocycles. The molecule has 2 aromatic heterocycles. The average Bonchev–Trinajstić information content (AvgIpc) is 3.19. The molecular weight excluding hydrogens is 498 g/mol. The number of halogens is 2. The van der Waals surface area contributed by atoms with E-state index in [1.165, 1.54) is 12.1 Å². The topological polar surface area (TPSA) is 98.5 Å². The molecule has 1 unspecified atom stereocenters. The maximum absolute atomic E-state index is 13.5. The van der Waals surface area contributed by atoms with Gasteiger partial charge in [0.05, 0.1) is 4.88 Å². The van der Waals surface area contributed by atoms with Gasteiger partial charge < -0.3 is 9.26 Å². The lowest BCUT2D eigenvalue weighted by atomic mass is 10.1. The number of hydrogen-bond donors (Lipinski definition) is 1. The number of nitrogens with one attached hydrogen (secondary N) is 1. The Morgan fingerprint density at radius 1 is 1.14 bits per heavy atom. The molecule has 1 aromatic carbocycles. The molecule has 2 heterocycles. The van der Waals surface area contributed by atoms with Gasteiger partial charge in [0.15, 0.2) is 0 Å². The van der Waals surface area contributed by atoms with E-state index in [-0.39, 0.29) is 15.8 Å². The Kier molecular flexibility index (Phi) is 6.18. The molecule has 1 saturated carbocycles. The standard InChI is InChI=1S/C24H26F2N2O5S2/c1-14-20(15-9-7-6-8-10-15)24(14,21(29)32-22(2,3)4)28-35(30,31)19-12-11-17(34-19)16-13-18(33-27-16)23(5,25)26/h6-14,20,28H,1-5H3/t14?,20-,24-/m0/s1. The second-order valence-corrected chi connectivity index (χ2v) is 12.7. The monoisotopic (exact) mass is 524 g/mol. The van der Waals surface area contributed by atoms with Crippen LogP contribution in [0.1, 0.15) is 51.9 Å². The minimum Gasteiger partial charge on any atom is -0.459 e. The first-order valence-electron chi connectivity index (χ1n) is 10.9. The highest BCUT2D eigenvalue weighted by molar-refractivity contribution is 7.91. The Hall–Kier alpha value is -2.63. The Morgan fingerprint density at radius 2 is 1.80 bits per heavy atom. The highest BCUT2D eigenvalue weighted by atomic mass is 32.2. The van der Waals surface area contributed by atoms with Crippen LogP contribution in [0.4, 0.5) is 8.78 Å². The molecule has 11 heteroatoms. The van der Waals surface area contributed by atoms with Gasteiger partial charge in [-0.3, -0.25) is 0 Å². The number of carbonyl (C=O) groups excluding carboxylic acids is 1. The highest BCUT2D eigenvalue weighted by Gasteiger charge is 2.71. The van der Waals surface area contributed by atoms with Crippen LogP contribution >= 0.6 is 11.3 Å². The average molecular weight is 525 g/mol. The quantitative estimate of drug-likeness (QED) is 0.421. The van der Waals surface area contributed by atoms with Crippen LogP contribution in [0, 0.1) is 5.92 Å². The molecule has 1 aliphatic rings. The van der Waals surface area contributed by atoms with Crippen LogP contribution in [-0.2, 0) is 25.5 Å². The van der Waals surface area contributed by atoms with Crippen molar-refractivity contribution >= 4 is 27.3 Å². The molecule has 188 valence electrons. The molecule has 7 nitrogen and oxygen atoms in total. The Balaban J connectivity index is 1.66. The number of hydrogen-bond acceptors (Lipinski definition) is 7. The molecule has 0 spiro atoms. The third-order valence-corrected chi connectivity index (χ3v) is 8.92. The first kappa shape index (κ1) is 25.5. The number of carbonyl (C=O) groups is 1. The van der Waals surface area contributed by atoms with Crippen molar-refractivity contribution < 1.29 is 31.3 Å². The third kappa shape index (κ3) is 4.89. The van der Waals surface area contributed by atoms with Crippen LogP contribution in [0.5, 0.6) is 0 Å². The largest absolute Gasteiger partial charge is 0.459 e. The number of thiophene rings is 1. The van der Waals surface area contributed by atoms with Crippen molar-refractivity contribution in [2.45, 2.75) is 61.8 Å². The fourth-order valence-electron chi connectivity index (χ4n) is 4.12. The van der Waals surface area contributed by atoms with Gasteiger partial charge in [-0.1, -0.05) is 42.4 Å². The molecule has 3 atom stereocenters. The van der Waals surface area contributed by atoms with E-state index in [0.717, 1.165) is 23.0 Å². The molecule has 0 radical (unpaired) electrons. The van der Waals surface area contributed by atoms with Crippen LogP contribution in [0.2, 0.25) is 0 Å². The SMILES string of the molecule is CC1[C@@H](c2ccccc2)[C@]1(NS(=O)(=O)c1ccc(-c2cc(C(C)(F)F)on2)s1)C(=O)OC(C)(C)C. The van der Waals surface area contributed by atoms with Gasteiger partial charge in [-0.2, -0.15) is 13.5 Å². The first-order valence-corrected chi connectivity index (χ1v) is 13.2. The van der Waals surface area contributed by atoms with Crippen LogP contribution in [0.15, 0.2) is 57.3 Å². The van der Waals surface area contributed by atoms with E-state index in [2.05, 4.69) is 9.88 Å². The van der Waals surface area contributed by atoms with E-state index in [1.807, 2.05) is 30.3 Å². The van der Waals surface area contributed by atoms with Gasteiger partial charge in [0.1, 0.15) is 21.0 Å². The Morgan fingerprint density at radius 3 is 2.37 bits per heavy atom. The summed E-state index contributed by atoms with van der Waals surface area (Å²) in [4.78, 5) is 13.7. The fourth-order valence-corrected chi connectivity index (χ4v) is 6.83. The smallest absolute Gasteiger partial charge is 0.328 e. The number of aromatic nitrogens is 1. The number of rotatable bonds is 7. The van der Waals surface area contributed by atoms with E-state index in [4.69, 9.17) is 9.26 Å². The van der Waals surface area contributed by atoms with Crippen molar-refractivity contribution in [2.24, 2.45) is 5.92 Å². The lowest BCUT2D eigenvalue weighted by Gasteiger charge is -2.25. The van der Waals surface area contributed by atoms with E-state index in [1.54, 1.807) is 27.7 Å². The maximum Gasteiger partial charge on any atom is 0.328 e. The third-order valence-electron chi connectivity index (χ3n) is 5.84. The Bertz CT molecular complexity index is 1340. The van der Waals surface area contributed by atoms with Crippen molar-refractivity contribution in [3.8, 4) is 10.6 Å². The molecular formula is C24H26F2N2O5S2. The molecule has 0 aliphatic heterocycles. The zero-order valence-electron chi connectivity index (χ0n) is 19.8. The number of sulfonamides is 1. The number of nitrogens with zero attached hydrogens (tertiary/aromatic N) is 1. The summed E-state index contributed by atoms with van der Waals surface area (Å²) in [6.45, 7) is 7.63. The van der Waals surface area contributed by atoms with Gasteiger partial charge in [0, 0.05) is 18.9 Å². The maximum atomic E-state index is 13.5. The fraction of sp³-hybridized carbons (Fsp3) is 0.417. The predicted octanol–water partition coefficient (Wildman–Crippen LogP) is 5.31. The molecule has 1 N–H and O–H groups in total. The molecule has 0 bridgehead atoms. The van der Waals surface area contributed by atoms with Gasteiger partial charge in [-0.05, 0) is 44.4 Å². The summed E-state index contributed by atoms with van der Waals surface area (Å²) in [5.41, 5.74) is -1.39. The molecule has 0 amide bonds. The summed E-state index contributed by atoms with van der Waals surface area (Å²) >= 11 is 0.839. The second kappa shape index (κ2) is 8.49. The van der Waals surface area contributed by atoms with Crippen LogP contribution < -0.4 is 4.72 Å². The lowest BCUT2D eigenvalue weighted by molar-refractivity contribution is -0.158. The predicted molar refractivity (Wildman–Crippen MR) is 127 cm³/mol. The number of ether oxygens (including phenoxy) is 1. The second-order valence-electron chi connectivity index (χ2n) is 9.74. The van der Waals surface area contributed by atoms with Crippen LogP contribution in [0.25, 0.3) is 10.6 Å². The van der Waals surface area contributed by atoms with Crippen molar-refractivity contribution in [1.29, 1.82) is 0 Å². The first-order chi connectivity index (χ1) is 16.1. The van der Waals surface area contributed by atoms with Crippen molar-refractivity contribution in [3.05, 3.63) is 59.9 Å². The molecule has 0 saturated heterocycles. The minimum atomic E-state index is -4.18. The van der Waals surface area contributed by atoms with E-state index < -0.39 is 44.7 Å². The normalized spacial score (nSPS) is 22.7. The van der Waals surface area contributed by atoms with E-state index in [0.29, 0.717) is 11.8 Å². The minimum absolute atomic E-state index is 0.0887. The summed E-state index contributed by atoms with van der Waals surface area (Å²) in [6.07, 6.45) is 0. The number of alkyl halides is 2. The summed E-state index contributed by atoms with van der Waals surface area (Å²) in [6, 6.07) is 13.1. The van der Waals surface area contributed by atoms with Crippen LogP contribution in [0.3, 0.4) is 0 Å². The zero-order valence-corrected chi connectivity index (χ0v) is 21.5. The summed E-state index contributed by atoms with van der Waals surface area (Å²) in [5.74, 6) is -5.27. The number of benzene rings is 1. The van der Waals surface area contributed by atoms with Crippen LogP contribution in [-0.4, -0.2) is 30.7 Å². The highest BCUT2D eigenvalue weighted by Crippen LogP contribution is 2.59. The van der Waals surface area contributed by atoms with Crippen molar-refractivity contribution in [1.82, 2.24) is 9.88 Å². The van der Waals surface area contributed by atoms with Crippen molar-refractivity contribution in [3.63, 3.8) is 0 Å². The summed E-state index contributed by atoms with van der Waals surface area (Å²) < 4.78 is 66.7. The van der Waals surface area contributed by atoms with Gasteiger partial charge in [-0.25, -0.2) is 13.2 Å². The van der Waals surface area contributed by atoms with Gasteiger partial charge in [0.2, 0.25) is 5.76 Å². The molecule has 1 fully saturated rings. The molecule has 4 rings (SSSR count).